The number of nitrogens with zero attached hydrogens (tertiary/aromatic N) is 4. The van der Waals surface area contributed by atoms with Crippen molar-refractivity contribution in [2.24, 2.45) is 5.16 Å². The lowest BCUT2D eigenvalue weighted by atomic mass is 9.92. The molecule has 0 aliphatic carbocycles. The number of aryl methyl sites for hydroxylation is 1. The van der Waals surface area contributed by atoms with Crippen LogP contribution in [0, 0.1) is 17.9 Å². The molecule has 0 saturated heterocycles. The van der Waals surface area contributed by atoms with E-state index >= 15 is 0 Å². The average molecular weight is 497 g/mol. The van der Waals surface area contributed by atoms with E-state index < -0.39 is 11.7 Å². The summed E-state index contributed by atoms with van der Waals surface area (Å²) in [5, 5.41) is 16.5. The summed E-state index contributed by atoms with van der Waals surface area (Å²) in [6.07, 6.45) is 4.65. The summed E-state index contributed by atoms with van der Waals surface area (Å²) in [5.41, 5.74) is 5.60. The standard InChI is InChI=1S/C29H25FN4O3/c1-18-6-8-24(32-16-18)20-12-21(26-15-29(37-33-26)25-5-3-4-10-31-25)14-22(13-20)28(35)11-19(2)27-9-7-23(30)17-34(27)36/h3-10,12-14,16-17,19,29H,11,15H2,1-2H3/t19-,29?/m0/s1. The molecule has 4 aromatic rings. The predicted octanol–water partition coefficient (Wildman–Crippen LogP) is 5.47. The highest BCUT2D eigenvalue weighted by atomic mass is 19.1. The third-order valence-electron chi connectivity index (χ3n) is 6.39. The number of carbonyl (C=O) groups is 1. The molecular weight excluding hydrogens is 471 g/mol. The molecule has 0 saturated carbocycles. The Balaban J connectivity index is 1.46. The van der Waals surface area contributed by atoms with E-state index in [1.807, 2.05) is 43.3 Å². The molecule has 0 bridgehead atoms. The molecule has 5 rings (SSSR count). The van der Waals surface area contributed by atoms with Crippen molar-refractivity contribution in [3.05, 3.63) is 118 Å². The molecule has 3 aromatic heterocycles. The Bertz CT molecular complexity index is 1470. The Labute approximate surface area is 213 Å². The lowest BCUT2D eigenvalue weighted by Gasteiger charge is -2.13. The summed E-state index contributed by atoms with van der Waals surface area (Å²) in [6.45, 7) is 3.74. The third kappa shape index (κ3) is 5.38. The summed E-state index contributed by atoms with van der Waals surface area (Å²) in [5.74, 6) is -1.17. The minimum Gasteiger partial charge on any atom is -0.618 e. The van der Waals surface area contributed by atoms with Crippen LogP contribution in [0.25, 0.3) is 11.3 Å². The first-order valence-corrected chi connectivity index (χ1v) is 12.0. The molecular formula is C29H25FN4O3. The number of pyridine rings is 3. The van der Waals surface area contributed by atoms with Crippen LogP contribution in [0.5, 0.6) is 0 Å². The van der Waals surface area contributed by atoms with Crippen LogP contribution in [-0.4, -0.2) is 21.5 Å². The summed E-state index contributed by atoms with van der Waals surface area (Å²) in [6, 6.07) is 17.7. The zero-order valence-corrected chi connectivity index (χ0v) is 20.5. The number of rotatable bonds is 7. The second-order valence-corrected chi connectivity index (χ2v) is 9.24. The molecule has 0 amide bonds. The molecule has 186 valence electrons. The zero-order valence-electron chi connectivity index (χ0n) is 20.5. The molecule has 1 aromatic carbocycles. The van der Waals surface area contributed by atoms with Crippen molar-refractivity contribution < 1.29 is 18.8 Å². The van der Waals surface area contributed by atoms with Crippen molar-refractivity contribution in [2.75, 3.05) is 0 Å². The van der Waals surface area contributed by atoms with E-state index in [0.717, 1.165) is 34.3 Å². The number of carbonyl (C=O) groups excluding carboxylic acids is 1. The molecule has 8 heteroatoms. The van der Waals surface area contributed by atoms with E-state index in [2.05, 4.69) is 15.1 Å². The van der Waals surface area contributed by atoms with Crippen molar-refractivity contribution in [1.82, 2.24) is 9.97 Å². The smallest absolute Gasteiger partial charge is 0.216 e. The van der Waals surface area contributed by atoms with Gasteiger partial charge in [0, 0.05) is 53.9 Å². The monoisotopic (exact) mass is 496 g/mol. The maximum Gasteiger partial charge on any atom is 0.216 e. The molecule has 37 heavy (non-hydrogen) atoms. The Hall–Kier alpha value is -4.46. The molecule has 2 atom stereocenters. The molecule has 0 radical (unpaired) electrons. The van der Waals surface area contributed by atoms with E-state index in [9.17, 15) is 14.4 Å². The van der Waals surface area contributed by atoms with Gasteiger partial charge in [-0.15, -0.1) is 0 Å². The van der Waals surface area contributed by atoms with Gasteiger partial charge in [0.1, 0.15) is 0 Å². The van der Waals surface area contributed by atoms with Gasteiger partial charge in [0.15, 0.2) is 23.4 Å². The summed E-state index contributed by atoms with van der Waals surface area (Å²) in [4.78, 5) is 28.0. The van der Waals surface area contributed by atoms with Crippen molar-refractivity contribution in [3.63, 3.8) is 0 Å². The van der Waals surface area contributed by atoms with Crippen LogP contribution in [-0.2, 0) is 4.84 Å². The van der Waals surface area contributed by atoms with Crippen LogP contribution in [0.15, 0.2) is 84.4 Å². The largest absolute Gasteiger partial charge is 0.618 e. The van der Waals surface area contributed by atoms with Gasteiger partial charge in [-0.25, -0.2) is 4.39 Å². The molecule has 4 heterocycles. The zero-order chi connectivity index (χ0) is 25.9. The highest BCUT2D eigenvalue weighted by Gasteiger charge is 2.27. The molecule has 0 N–H and O–H groups in total. The number of hydrogen-bond donors (Lipinski definition) is 0. The average Bonchev–Trinajstić information content (AvgIpc) is 3.40. The van der Waals surface area contributed by atoms with E-state index in [0.29, 0.717) is 28.1 Å². The topological polar surface area (TPSA) is 91.4 Å². The lowest BCUT2D eigenvalue weighted by Crippen LogP contribution is -2.33. The van der Waals surface area contributed by atoms with Crippen molar-refractivity contribution in [3.8, 4) is 11.3 Å². The predicted molar refractivity (Wildman–Crippen MR) is 136 cm³/mol. The van der Waals surface area contributed by atoms with Gasteiger partial charge in [-0.05, 0) is 55.0 Å². The van der Waals surface area contributed by atoms with Gasteiger partial charge < -0.3 is 10.0 Å². The van der Waals surface area contributed by atoms with Gasteiger partial charge in [-0.1, -0.05) is 24.2 Å². The lowest BCUT2D eigenvalue weighted by molar-refractivity contribution is -0.617. The Morgan fingerprint density at radius 2 is 1.97 bits per heavy atom. The first-order valence-electron chi connectivity index (χ1n) is 12.0. The highest BCUT2D eigenvalue weighted by Crippen LogP contribution is 2.31. The Morgan fingerprint density at radius 3 is 2.70 bits per heavy atom. The SMILES string of the molecule is Cc1ccc(-c2cc(C(=O)C[C@H](C)c3ccc(F)c[n+]3[O-])cc(C3=NOC(c4ccccn4)C3)c2)nc1. The Kier molecular flexibility index (Phi) is 6.72. The van der Waals surface area contributed by atoms with Crippen LogP contribution in [0.4, 0.5) is 4.39 Å². The first-order chi connectivity index (χ1) is 17.9. The maximum absolute atomic E-state index is 13.4. The molecule has 1 unspecified atom stereocenters. The normalized spacial score (nSPS) is 15.6. The van der Waals surface area contributed by atoms with Crippen LogP contribution < -0.4 is 4.73 Å². The van der Waals surface area contributed by atoms with E-state index in [1.165, 1.54) is 12.1 Å². The molecule has 7 nitrogen and oxygen atoms in total. The minimum atomic E-state index is -0.621. The van der Waals surface area contributed by atoms with Gasteiger partial charge in [0.05, 0.1) is 17.1 Å². The Morgan fingerprint density at radius 1 is 1.14 bits per heavy atom. The molecule has 0 spiro atoms. The quantitative estimate of drug-likeness (QED) is 0.192. The van der Waals surface area contributed by atoms with Gasteiger partial charge >= 0.3 is 0 Å². The number of benzene rings is 1. The van der Waals surface area contributed by atoms with E-state index in [4.69, 9.17) is 4.84 Å². The van der Waals surface area contributed by atoms with Gasteiger partial charge in [0.2, 0.25) is 6.20 Å². The summed E-state index contributed by atoms with van der Waals surface area (Å²) >= 11 is 0. The minimum absolute atomic E-state index is 0.0810. The highest BCUT2D eigenvalue weighted by molar-refractivity contribution is 6.05. The summed E-state index contributed by atoms with van der Waals surface area (Å²) < 4.78 is 13.9. The van der Waals surface area contributed by atoms with Crippen LogP contribution >= 0.6 is 0 Å². The number of Topliss-reactive ketones (excluding diaryl/α,β-unsaturated/α-hetero) is 1. The number of hydrogen-bond acceptors (Lipinski definition) is 6. The number of oxime groups is 1. The second kappa shape index (κ2) is 10.3. The number of halogens is 1. The third-order valence-corrected chi connectivity index (χ3v) is 6.39. The maximum atomic E-state index is 13.4. The van der Waals surface area contributed by atoms with Crippen LogP contribution in [0.1, 0.15) is 64.7 Å². The number of ketones is 1. The molecule has 1 aliphatic rings. The van der Waals surface area contributed by atoms with Crippen LogP contribution in [0.3, 0.4) is 0 Å². The fourth-order valence-corrected chi connectivity index (χ4v) is 4.36. The second-order valence-electron chi connectivity index (χ2n) is 9.24. The fraction of sp³-hybridized carbons (Fsp3) is 0.207. The number of aromatic nitrogens is 3. The van der Waals surface area contributed by atoms with E-state index in [1.54, 1.807) is 31.5 Å². The summed E-state index contributed by atoms with van der Waals surface area (Å²) in [7, 11) is 0. The first kappa shape index (κ1) is 24.2. The fourth-order valence-electron chi connectivity index (χ4n) is 4.36. The van der Waals surface area contributed by atoms with Gasteiger partial charge in [-0.2, -0.15) is 4.73 Å². The van der Waals surface area contributed by atoms with Gasteiger partial charge in [-0.3, -0.25) is 14.8 Å². The van der Waals surface area contributed by atoms with E-state index in [-0.39, 0.29) is 18.3 Å². The molecule has 1 aliphatic heterocycles. The molecule has 0 fully saturated rings. The van der Waals surface area contributed by atoms with Crippen molar-refractivity contribution >= 4 is 11.5 Å². The van der Waals surface area contributed by atoms with Crippen molar-refractivity contribution in [2.45, 2.75) is 38.7 Å². The van der Waals surface area contributed by atoms with Gasteiger partial charge in [0.25, 0.3) is 0 Å². The van der Waals surface area contributed by atoms with Crippen LogP contribution in [0.2, 0.25) is 0 Å². The van der Waals surface area contributed by atoms with Crippen molar-refractivity contribution in [1.29, 1.82) is 0 Å².